The molecule has 1 saturated heterocycles. The van der Waals surface area contributed by atoms with Gasteiger partial charge < -0.3 is 14.4 Å². The van der Waals surface area contributed by atoms with E-state index >= 15 is 0 Å². The molecule has 0 unspecified atom stereocenters. The number of carbonyl (C=O) groups excluding carboxylic acids is 2. The van der Waals surface area contributed by atoms with E-state index < -0.39 is 5.60 Å². The molecule has 5 heteroatoms. The third-order valence-electron chi connectivity index (χ3n) is 6.39. The van der Waals surface area contributed by atoms with Crippen molar-refractivity contribution in [2.75, 3.05) is 19.7 Å². The minimum absolute atomic E-state index is 0.0243. The van der Waals surface area contributed by atoms with Crippen LogP contribution < -0.4 is 9.47 Å². The van der Waals surface area contributed by atoms with Crippen LogP contribution in [0.15, 0.2) is 30.3 Å². The largest absolute Gasteiger partial charge is 0.486 e. The number of nitrogens with zero attached hydrogens (tertiary/aromatic N) is 1. The van der Waals surface area contributed by atoms with Crippen molar-refractivity contribution in [3.8, 4) is 11.5 Å². The van der Waals surface area contributed by atoms with Gasteiger partial charge in [0.05, 0.1) is 12.0 Å². The smallest absolute Gasteiger partial charge is 0.260 e. The zero-order chi connectivity index (χ0) is 21.5. The molecule has 0 N–H and O–H groups in total. The Balaban J connectivity index is 1.38. The molecule has 0 bridgehead atoms. The number of aryl methyl sites for hydroxylation is 4. The first kappa shape index (κ1) is 20.5. The monoisotopic (exact) mass is 407 g/mol. The second-order valence-electron chi connectivity index (χ2n) is 8.76. The SMILES string of the molecule is Cc1cc(C)c2c(c1)C(=O)CC1(CCN(C(=O)COc3ccc(C)c(C)c3)CC1)O2. The van der Waals surface area contributed by atoms with Crippen molar-refractivity contribution in [1.82, 2.24) is 4.90 Å². The van der Waals surface area contributed by atoms with Gasteiger partial charge in [0, 0.05) is 25.9 Å². The lowest BCUT2D eigenvalue weighted by Gasteiger charge is -2.44. The quantitative estimate of drug-likeness (QED) is 0.760. The van der Waals surface area contributed by atoms with Crippen LogP contribution in [0.1, 0.15) is 51.9 Å². The Hall–Kier alpha value is -2.82. The van der Waals surface area contributed by atoms with E-state index in [2.05, 4.69) is 0 Å². The Labute approximate surface area is 178 Å². The molecule has 4 rings (SSSR count). The lowest BCUT2D eigenvalue weighted by Crippen LogP contribution is -2.53. The molecular formula is C25H29NO4. The van der Waals surface area contributed by atoms with E-state index in [1.54, 1.807) is 0 Å². The van der Waals surface area contributed by atoms with Crippen molar-refractivity contribution in [3.05, 3.63) is 58.1 Å². The molecule has 2 aliphatic heterocycles. The first-order valence-electron chi connectivity index (χ1n) is 10.6. The Morgan fingerprint density at radius 1 is 1.03 bits per heavy atom. The van der Waals surface area contributed by atoms with Gasteiger partial charge in [0.2, 0.25) is 0 Å². The Bertz CT molecular complexity index is 1000. The van der Waals surface area contributed by atoms with E-state index in [0.29, 0.717) is 43.7 Å². The lowest BCUT2D eigenvalue weighted by molar-refractivity contribution is -0.136. The van der Waals surface area contributed by atoms with E-state index in [1.165, 1.54) is 5.56 Å². The lowest BCUT2D eigenvalue weighted by atomic mass is 9.81. The molecule has 0 saturated carbocycles. The van der Waals surface area contributed by atoms with Gasteiger partial charge in [-0.05, 0) is 68.1 Å². The van der Waals surface area contributed by atoms with Crippen molar-refractivity contribution in [2.45, 2.75) is 52.6 Å². The number of likely N-dealkylation sites (tertiary alicyclic amines) is 1. The summed E-state index contributed by atoms with van der Waals surface area (Å²) >= 11 is 0. The van der Waals surface area contributed by atoms with E-state index in [4.69, 9.17) is 9.47 Å². The summed E-state index contributed by atoms with van der Waals surface area (Å²) in [6.45, 7) is 9.23. The molecule has 0 aromatic heterocycles. The van der Waals surface area contributed by atoms with Crippen LogP contribution in [-0.2, 0) is 4.79 Å². The van der Waals surface area contributed by atoms with Crippen LogP contribution in [0.25, 0.3) is 0 Å². The first-order valence-corrected chi connectivity index (χ1v) is 10.6. The van der Waals surface area contributed by atoms with Crippen LogP contribution in [0.5, 0.6) is 11.5 Å². The molecule has 30 heavy (non-hydrogen) atoms. The highest BCUT2D eigenvalue weighted by Gasteiger charge is 2.44. The van der Waals surface area contributed by atoms with Crippen LogP contribution >= 0.6 is 0 Å². The van der Waals surface area contributed by atoms with Crippen molar-refractivity contribution in [1.29, 1.82) is 0 Å². The van der Waals surface area contributed by atoms with E-state index in [0.717, 1.165) is 22.4 Å². The molecule has 1 amide bonds. The summed E-state index contributed by atoms with van der Waals surface area (Å²) in [5.41, 5.74) is 4.60. The third kappa shape index (κ3) is 3.93. The Morgan fingerprint density at radius 3 is 2.47 bits per heavy atom. The van der Waals surface area contributed by atoms with Gasteiger partial charge >= 0.3 is 0 Å². The Morgan fingerprint density at radius 2 is 1.77 bits per heavy atom. The van der Waals surface area contributed by atoms with Gasteiger partial charge in [-0.2, -0.15) is 0 Å². The molecule has 0 aliphatic carbocycles. The molecule has 1 spiro atoms. The number of benzene rings is 2. The van der Waals surface area contributed by atoms with Gasteiger partial charge in [-0.3, -0.25) is 9.59 Å². The van der Waals surface area contributed by atoms with Crippen LogP contribution in [0.2, 0.25) is 0 Å². The zero-order valence-corrected chi connectivity index (χ0v) is 18.2. The molecule has 0 radical (unpaired) electrons. The van der Waals surface area contributed by atoms with Gasteiger partial charge in [0.15, 0.2) is 12.4 Å². The fourth-order valence-electron chi connectivity index (χ4n) is 4.42. The maximum atomic E-state index is 12.8. The number of Topliss-reactive ketones (excluding diaryl/α,β-unsaturated/α-hetero) is 1. The highest BCUT2D eigenvalue weighted by molar-refractivity contribution is 6.01. The molecule has 1 fully saturated rings. The molecule has 0 atom stereocenters. The number of amides is 1. The van der Waals surface area contributed by atoms with E-state index in [9.17, 15) is 9.59 Å². The summed E-state index contributed by atoms with van der Waals surface area (Å²) in [7, 11) is 0. The van der Waals surface area contributed by atoms with Gasteiger partial charge in [0.1, 0.15) is 17.1 Å². The highest BCUT2D eigenvalue weighted by atomic mass is 16.5. The van der Waals surface area contributed by atoms with Gasteiger partial charge in [-0.15, -0.1) is 0 Å². The summed E-state index contributed by atoms with van der Waals surface area (Å²) in [6, 6.07) is 9.81. The molecule has 2 aliphatic rings. The van der Waals surface area contributed by atoms with Crippen LogP contribution in [0, 0.1) is 27.7 Å². The summed E-state index contributed by atoms with van der Waals surface area (Å²) in [6.07, 6.45) is 1.69. The van der Waals surface area contributed by atoms with Crippen molar-refractivity contribution in [3.63, 3.8) is 0 Å². The normalized spacial score (nSPS) is 17.5. The molecule has 2 aromatic carbocycles. The van der Waals surface area contributed by atoms with E-state index in [1.807, 2.05) is 62.9 Å². The number of carbonyl (C=O) groups is 2. The topological polar surface area (TPSA) is 55.8 Å². The van der Waals surface area contributed by atoms with E-state index in [-0.39, 0.29) is 18.3 Å². The fourth-order valence-corrected chi connectivity index (χ4v) is 4.42. The second-order valence-corrected chi connectivity index (χ2v) is 8.76. The van der Waals surface area contributed by atoms with Crippen LogP contribution in [0.3, 0.4) is 0 Å². The van der Waals surface area contributed by atoms with Gasteiger partial charge in [-0.1, -0.05) is 12.1 Å². The first-order chi connectivity index (χ1) is 14.3. The zero-order valence-electron chi connectivity index (χ0n) is 18.2. The highest BCUT2D eigenvalue weighted by Crippen LogP contribution is 2.41. The molecule has 5 nitrogen and oxygen atoms in total. The van der Waals surface area contributed by atoms with Crippen molar-refractivity contribution >= 4 is 11.7 Å². The molecule has 158 valence electrons. The van der Waals surface area contributed by atoms with Crippen LogP contribution in [-0.4, -0.2) is 41.9 Å². The number of hydrogen-bond acceptors (Lipinski definition) is 4. The summed E-state index contributed by atoms with van der Waals surface area (Å²) < 4.78 is 12.1. The van der Waals surface area contributed by atoms with Gasteiger partial charge in [-0.25, -0.2) is 0 Å². The van der Waals surface area contributed by atoms with Gasteiger partial charge in [0.25, 0.3) is 5.91 Å². The maximum absolute atomic E-state index is 12.8. The summed E-state index contributed by atoms with van der Waals surface area (Å²) in [5, 5.41) is 0. The summed E-state index contributed by atoms with van der Waals surface area (Å²) in [5.74, 6) is 1.54. The standard InChI is InChI=1S/C25H29NO4/c1-16-11-19(4)24-21(12-16)22(27)14-25(30-24)7-9-26(10-8-25)23(28)15-29-20-6-5-17(2)18(3)13-20/h5-6,11-13H,7-10,14-15H2,1-4H3. The van der Waals surface area contributed by atoms with Crippen LogP contribution in [0.4, 0.5) is 0 Å². The number of hydrogen-bond donors (Lipinski definition) is 0. The number of ether oxygens (including phenoxy) is 2. The van der Waals surface area contributed by atoms with Crippen molar-refractivity contribution in [2.24, 2.45) is 0 Å². The second kappa shape index (κ2) is 7.78. The number of ketones is 1. The fraction of sp³-hybridized carbons (Fsp3) is 0.440. The predicted molar refractivity (Wildman–Crippen MR) is 115 cm³/mol. The number of rotatable bonds is 3. The summed E-state index contributed by atoms with van der Waals surface area (Å²) in [4.78, 5) is 27.3. The Kier molecular flexibility index (Phi) is 5.31. The minimum Gasteiger partial charge on any atom is -0.486 e. The third-order valence-corrected chi connectivity index (χ3v) is 6.39. The minimum atomic E-state index is -0.504. The average Bonchev–Trinajstić information content (AvgIpc) is 2.70. The van der Waals surface area contributed by atoms with Crippen molar-refractivity contribution < 1.29 is 19.1 Å². The molecular weight excluding hydrogens is 378 g/mol. The average molecular weight is 408 g/mol. The number of fused-ring (bicyclic) bond motifs is 1. The predicted octanol–water partition coefficient (Wildman–Crippen LogP) is 4.33. The number of piperidine rings is 1. The molecule has 2 heterocycles. The maximum Gasteiger partial charge on any atom is 0.260 e. The molecule has 2 aromatic rings.